The molecule has 0 amide bonds. The lowest BCUT2D eigenvalue weighted by atomic mass is 9.95. The van der Waals surface area contributed by atoms with Crippen molar-refractivity contribution in [2.75, 3.05) is 20.1 Å². The Balaban J connectivity index is 1.59. The van der Waals surface area contributed by atoms with E-state index < -0.39 is 0 Å². The van der Waals surface area contributed by atoms with Gasteiger partial charge in [-0.25, -0.2) is 4.39 Å². The summed E-state index contributed by atoms with van der Waals surface area (Å²) >= 11 is 0. The van der Waals surface area contributed by atoms with Gasteiger partial charge in [0.15, 0.2) is 0 Å². The molecule has 0 unspecified atom stereocenters. The fraction of sp³-hybridized carbons (Fsp3) is 0.647. The van der Waals surface area contributed by atoms with Gasteiger partial charge in [0.05, 0.1) is 0 Å². The van der Waals surface area contributed by atoms with E-state index in [2.05, 4.69) is 17.3 Å². The standard InChI is InChI=1S/C17H27FN2/c1-20(14-15-7-5-8-16(18)13-15)12-6-11-19-17-9-3-2-4-10-17/h5,7-8,13,17,19H,2-4,6,9-12,14H2,1H3. The Morgan fingerprint density at radius 3 is 2.80 bits per heavy atom. The maximum Gasteiger partial charge on any atom is 0.123 e. The Morgan fingerprint density at radius 1 is 1.25 bits per heavy atom. The molecule has 0 saturated heterocycles. The van der Waals surface area contributed by atoms with Crippen LogP contribution in [0.3, 0.4) is 0 Å². The van der Waals surface area contributed by atoms with E-state index in [1.807, 2.05) is 6.07 Å². The summed E-state index contributed by atoms with van der Waals surface area (Å²) < 4.78 is 13.1. The molecule has 0 spiro atoms. The van der Waals surface area contributed by atoms with Crippen LogP contribution < -0.4 is 5.32 Å². The average molecular weight is 278 g/mol. The Hall–Kier alpha value is -0.930. The monoisotopic (exact) mass is 278 g/mol. The summed E-state index contributed by atoms with van der Waals surface area (Å²) in [6.45, 7) is 2.97. The van der Waals surface area contributed by atoms with Gasteiger partial charge in [-0.2, -0.15) is 0 Å². The van der Waals surface area contributed by atoms with Crippen LogP contribution >= 0.6 is 0 Å². The molecule has 0 aromatic heterocycles. The highest BCUT2D eigenvalue weighted by atomic mass is 19.1. The zero-order chi connectivity index (χ0) is 14.2. The van der Waals surface area contributed by atoms with Gasteiger partial charge in [0, 0.05) is 12.6 Å². The number of nitrogens with zero attached hydrogens (tertiary/aromatic N) is 1. The smallest absolute Gasteiger partial charge is 0.123 e. The van der Waals surface area contributed by atoms with Crippen LogP contribution in [0.15, 0.2) is 24.3 Å². The summed E-state index contributed by atoms with van der Waals surface area (Å²) in [6.07, 6.45) is 8.03. The Kier molecular flexibility index (Phi) is 6.48. The molecule has 3 heteroatoms. The van der Waals surface area contributed by atoms with Crippen molar-refractivity contribution < 1.29 is 4.39 Å². The minimum atomic E-state index is -0.144. The lowest BCUT2D eigenvalue weighted by Crippen LogP contribution is -2.33. The first-order chi connectivity index (χ1) is 9.74. The fourth-order valence-electron chi connectivity index (χ4n) is 2.99. The molecule has 1 N–H and O–H groups in total. The van der Waals surface area contributed by atoms with E-state index in [-0.39, 0.29) is 5.82 Å². The van der Waals surface area contributed by atoms with Crippen LogP contribution in [0.25, 0.3) is 0 Å². The van der Waals surface area contributed by atoms with Gasteiger partial charge < -0.3 is 10.2 Å². The molecule has 2 rings (SSSR count). The zero-order valence-electron chi connectivity index (χ0n) is 12.6. The number of rotatable bonds is 7. The van der Waals surface area contributed by atoms with Gasteiger partial charge in [0.2, 0.25) is 0 Å². The second kappa shape index (κ2) is 8.38. The largest absolute Gasteiger partial charge is 0.314 e. The maximum atomic E-state index is 13.1. The Labute approximate surface area is 122 Å². The molecule has 1 aromatic rings. The van der Waals surface area contributed by atoms with E-state index in [0.29, 0.717) is 0 Å². The SMILES string of the molecule is CN(CCCNC1CCCCC1)Cc1cccc(F)c1. The quantitative estimate of drug-likeness (QED) is 0.767. The van der Waals surface area contributed by atoms with Crippen molar-refractivity contribution >= 4 is 0 Å². The molecule has 0 aliphatic heterocycles. The van der Waals surface area contributed by atoms with Crippen LogP contribution in [0.2, 0.25) is 0 Å². The number of nitrogens with one attached hydrogen (secondary N) is 1. The molecule has 0 atom stereocenters. The van der Waals surface area contributed by atoms with Gasteiger partial charge in [-0.05, 0) is 57.1 Å². The van der Waals surface area contributed by atoms with Crippen molar-refractivity contribution in [3.63, 3.8) is 0 Å². The molecule has 1 aliphatic carbocycles. The predicted molar refractivity (Wildman–Crippen MR) is 82.2 cm³/mol. The average Bonchev–Trinajstić information content (AvgIpc) is 2.45. The third-order valence-corrected chi connectivity index (χ3v) is 4.10. The van der Waals surface area contributed by atoms with E-state index in [1.165, 1.54) is 38.2 Å². The first kappa shape index (κ1) is 15.5. The van der Waals surface area contributed by atoms with Crippen molar-refractivity contribution in [3.8, 4) is 0 Å². The maximum absolute atomic E-state index is 13.1. The van der Waals surface area contributed by atoms with Crippen LogP contribution in [0.5, 0.6) is 0 Å². The summed E-state index contributed by atoms with van der Waals surface area (Å²) in [5.74, 6) is -0.144. The van der Waals surface area contributed by atoms with Crippen molar-refractivity contribution in [2.24, 2.45) is 0 Å². The second-order valence-corrected chi connectivity index (χ2v) is 6.01. The fourth-order valence-corrected chi connectivity index (χ4v) is 2.99. The van der Waals surface area contributed by atoms with Crippen LogP contribution in [0.4, 0.5) is 4.39 Å². The zero-order valence-corrected chi connectivity index (χ0v) is 12.6. The number of halogens is 1. The Morgan fingerprint density at radius 2 is 2.05 bits per heavy atom. The molecule has 1 aromatic carbocycles. The second-order valence-electron chi connectivity index (χ2n) is 6.01. The lowest BCUT2D eigenvalue weighted by molar-refractivity contribution is 0.307. The predicted octanol–water partition coefficient (Wildman–Crippen LogP) is 3.57. The summed E-state index contributed by atoms with van der Waals surface area (Å²) in [5.41, 5.74) is 1.05. The molecule has 2 nitrogen and oxygen atoms in total. The molecule has 0 heterocycles. The Bertz CT molecular complexity index is 388. The van der Waals surface area contributed by atoms with E-state index in [1.54, 1.807) is 12.1 Å². The molecule has 112 valence electrons. The van der Waals surface area contributed by atoms with E-state index >= 15 is 0 Å². The summed E-state index contributed by atoms with van der Waals surface area (Å²) in [6, 6.07) is 7.63. The highest BCUT2D eigenvalue weighted by molar-refractivity contribution is 5.15. The molecule has 0 radical (unpaired) electrons. The van der Waals surface area contributed by atoms with Gasteiger partial charge >= 0.3 is 0 Å². The topological polar surface area (TPSA) is 15.3 Å². The van der Waals surface area contributed by atoms with Gasteiger partial charge in [0.25, 0.3) is 0 Å². The van der Waals surface area contributed by atoms with Crippen LogP contribution in [0.1, 0.15) is 44.1 Å². The molecular formula is C17H27FN2. The molecule has 0 bridgehead atoms. The van der Waals surface area contributed by atoms with Gasteiger partial charge in [-0.1, -0.05) is 31.4 Å². The molecular weight excluding hydrogens is 251 g/mol. The van der Waals surface area contributed by atoms with Crippen LogP contribution in [0, 0.1) is 5.82 Å². The van der Waals surface area contributed by atoms with Crippen LogP contribution in [-0.2, 0) is 6.54 Å². The summed E-state index contributed by atoms with van der Waals surface area (Å²) in [4.78, 5) is 2.26. The van der Waals surface area contributed by atoms with Crippen LogP contribution in [-0.4, -0.2) is 31.1 Å². The molecule has 20 heavy (non-hydrogen) atoms. The number of benzene rings is 1. The molecule has 1 saturated carbocycles. The minimum Gasteiger partial charge on any atom is -0.314 e. The number of hydrogen-bond donors (Lipinski definition) is 1. The molecule has 1 fully saturated rings. The van der Waals surface area contributed by atoms with E-state index in [4.69, 9.17) is 0 Å². The lowest BCUT2D eigenvalue weighted by Gasteiger charge is -2.23. The van der Waals surface area contributed by atoms with Crippen molar-refractivity contribution in [1.82, 2.24) is 10.2 Å². The summed E-state index contributed by atoms with van der Waals surface area (Å²) in [7, 11) is 2.10. The highest BCUT2D eigenvalue weighted by Crippen LogP contribution is 2.17. The van der Waals surface area contributed by atoms with Crippen molar-refractivity contribution in [1.29, 1.82) is 0 Å². The normalized spacial score (nSPS) is 16.8. The van der Waals surface area contributed by atoms with Gasteiger partial charge in [0.1, 0.15) is 5.82 Å². The third kappa shape index (κ3) is 5.59. The minimum absolute atomic E-state index is 0.144. The summed E-state index contributed by atoms with van der Waals surface area (Å²) in [5, 5.41) is 3.66. The molecule has 1 aliphatic rings. The third-order valence-electron chi connectivity index (χ3n) is 4.10. The van der Waals surface area contributed by atoms with Crippen molar-refractivity contribution in [2.45, 2.75) is 51.1 Å². The van der Waals surface area contributed by atoms with Crippen molar-refractivity contribution in [3.05, 3.63) is 35.6 Å². The van der Waals surface area contributed by atoms with E-state index in [9.17, 15) is 4.39 Å². The first-order valence-electron chi connectivity index (χ1n) is 7.90. The van der Waals surface area contributed by atoms with Gasteiger partial charge in [-0.3, -0.25) is 0 Å². The van der Waals surface area contributed by atoms with Gasteiger partial charge in [-0.15, -0.1) is 0 Å². The van der Waals surface area contributed by atoms with E-state index in [0.717, 1.165) is 37.7 Å². The first-order valence-corrected chi connectivity index (χ1v) is 7.90. The number of hydrogen-bond acceptors (Lipinski definition) is 2. The highest BCUT2D eigenvalue weighted by Gasteiger charge is 2.11.